The van der Waals surface area contributed by atoms with Crippen LogP contribution in [0.2, 0.25) is 0 Å². The van der Waals surface area contributed by atoms with E-state index in [2.05, 4.69) is 209 Å². The summed E-state index contributed by atoms with van der Waals surface area (Å²) in [5.74, 6) is -0.693. The van der Waals surface area contributed by atoms with Gasteiger partial charge in [-0.05, 0) is 128 Å². The zero-order valence-electron chi connectivity index (χ0n) is 52.0. The molecule has 0 saturated heterocycles. The number of aromatic amines is 4. The summed E-state index contributed by atoms with van der Waals surface area (Å²) in [5.41, 5.74) is 15.4. The van der Waals surface area contributed by atoms with Gasteiger partial charge in [0.05, 0.1) is 22.7 Å². The molecule has 12 nitrogen and oxygen atoms in total. The molecule has 0 aliphatic carbocycles. The Bertz CT molecular complexity index is 3740. The van der Waals surface area contributed by atoms with Gasteiger partial charge in [-0.2, -0.15) is 0 Å². The molecular formula is C72H84N8O4. The summed E-state index contributed by atoms with van der Waals surface area (Å²) in [6.07, 6.45) is 0.975. The monoisotopic (exact) mass is 1120 g/mol. The highest BCUT2D eigenvalue weighted by molar-refractivity contribution is 6.04. The molecule has 5 heterocycles. The third-order valence-corrected chi connectivity index (χ3v) is 15.8. The van der Waals surface area contributed by atoms with Crippen LogP contribution in [-0.2, 0) is 40.8 Å². The van der Waals surface area contributed by atoms with E-state index >= 15 is 0 Å². The predicted molar refractivity (Wildman–Crippen MR) is 344 cm³/mol. The maximum Gasteiger partial charge on any atom is 0.224 e. The fraction of sp³-hybridized carbons (Fsp3) is 0.333. The van der Waals surface area contributed by atoms with Gasteiger partial charge in [-0.3, -0.25) is 19.2 Å². The molecule has 0 radical (unpaired) electrons. The van der Waals surface area contributed by atoms with Crippen molar-refractivity contribution in [1.82, 2.24) is 19.9 Å². The fourth-order valence-electron chi connectivity index (χ4n) is 10.8. The quantitative estimate of drug-likeness (QED) is 0.0607. The minimum Gasteiger partial charge on any atom is -0.354 e. The van der Waals surface area contributed by atoms with Crippen LogP contribution in [0.1, 0.15) is 204 Å². The van der Waals surface area contributed by atoms with Gasteiger partial charge in [-0.1, -0.05) is 159 Å². The van der Waals surface area contributed by atoms with Crippen LogP contribution in [0.3, 0.4) is 0 Å². The molecule has 8 N–H and O–H groups in total. The molecule has 0 spiro atoms. The van der Waals surface area contributed by atoms with E-state index in [1.807, 2.05) is 64.1 Å². The number of anilines is 4. The number of nitrogens with one attached hydrogen (secondary N) is 8. The molecule has 4 aromatic carbocycles. The van der Waals surface area contributed by atoms with Crippen molar-refractivity contribution in [1.29, 1.82) is 0 Å². The number of benzene rings is 4. The molecule has 0 unspecified atom stereocenters. The Kier molecular flexibility index (Phi) is 16.6. The van der Waals surface area contributed by atoms with Gasteiger partial charge in [0.1, 0.15) is 0 Å². The van der Waals surface area contributed by atoms with Gasteiger partial charge in [-0.15, -0.1) is 0 Å². The first-order valence-corrected chi connectivity index (χ1v) is 29.7. The molecule has 0 atom stereocenters. The summed E-state index contributed by atoms with van der Waals surface area (Å²) in [4.78, 5) is 70.2. The third kappa shape index (κ3) is 12.5. The maximum absolute atomic E-state index is 13.6. The normalized spacial score (nSPS) is 13.0. The van der Waals surface area contributed by atoms with Crippen LogP contribution >= 0.6 is 0 Å². The average Bonchev–Trinajstić information content (AvgIpc) is 4.02. The summed E-state index contributed by atoms with van der Waals surface area (Å²) in [5, 5.41) is 15.9. The van der Waals surface area contributed by atoms with Crippen LogP contribution in [0.25, 0.3) is 22.3 Å². The average molecular weight is 1130 g/mol. The zero-order valence-corrected chi connectivity index (χ0v) is 52.0. The van der Waals surface area contributed by atoms with Crippen molar-refractivity contribution in [2.24, 2.45) is 0 Å². The van der Waals surface area contributed by atoms with Gasteiger partial charge in [0.15, 0.2) is 0 Å². The van der Waals surface area contributed by atoms with E-state index in [1.165, 1.54) is 22.3 Å². The number of amides is 4. The number of fused-ring (bicyclic) bond motifs is 8. The van der Waals surface area contributed by atoms with Crippen LogP contribution in [0.5, 0.6) is 0 Å². The smallest absolute Gasteiger partial charge is 0.224 e. The third-order valence-electron chi connectivity index (χ3n) is 15.8. The molecule has 1 aliphatic heterocycles. The fourth-order valence-corrected chi connectivity index (χ4v) is 10.8. The number of aromatic nitrogens is 4. The van der Waals surface area contributed by atoms with Gasteiger partial charge in [0.25, 0.3) is 0 Å². The molecule has 0 fully saturated rings. The first-order chi connectivity index (χ1) is 39.6. The second kappa shape index (κ2) is 23.2. The summed E-state index contributed by atoms with van der Waals surface area (Å²) in [7, 11) is 0. The maximum atomic E-state index is 13.6. The number of carbonyl (C=O) groups is 4. The molecule has 0 saturated carbocycles. The summed E-state index contributed by atoms with van der Waals surface area (Å²) < 4.78 is 0. The highest BCUT2D eigenvalue weighted by Gasteiger charge is 2.29. The van der Waals surface area contributed by atoms with Gasteiger partial charge in [0, 0.05) is 103 Å². The summed E-state index contributed by atoms with van der Waals surface area (Å²) in [6, 6.07) is 41.7. The molecule has 8 aromatic rings. The van der Waals surface area contributed by atoms with E-state index in [1.54, 1.807) is 0 Å². The Morgan fingerprint density at radius 2 is 0.560 bits per heavy atom. The summed E-state index contributed by atoms with van der Waals surface area (Å²) in [6.45, 7) is 34.1. The molecule has 4 aromatic heterocycles. The van der Waals surface area contributed by atoms with Gasteiger partial charge in [0.2, 0.25) is 23.6 Å². The Morgan fingerprint density at radius 3 is 0.798 bits per heavy atom. The lowest BCUT2D eigenvalue weighted by atomic mass is 9.78. The number of rotatable bonds is 12. The Labute approximate surface area is 494 Å². The minimum absolute atomic E-state index is 0.173. The van der Waals surface area contributed by atoms with Gasteiger partial charge in [-0.25, -0.2) is 0 Å². The van der Waals surface area contributed by atoms with E-state index in [9.17, 15) is 19.2 Å². The van der Waals surface area contributed by atoms with E-state index < -0.39 is 0 Å². The second-order valence-corrected chi connectivity index (χ2v) is 26.3. The van der Waals surface area contributed by atoms with Gasteiger partial charge >= 0.3 is 0 Å². The van der Waals surface area contributed by atoms with E-state index in [-0.39, 0.29) is 71.0 Å². The van der Waals surface area contributed by atoms with Crippen molar-refractivity contribution in [2.45, 2.75) is 158 Å². The first kappa shape index (κ1) is 60.0. The largest absolute Gasteiger partial charge is 0.354 e. The molecule has 9 rings (SSSR count). The van der Waals surface area contributed by atoms with Gasteiger partial charge < -0.3 is 41.2 Å². The number of hydrogen-bond acceptors (Lipinski definition) is 4. The van der Waals surface area contributed by atoms with Crippen LogP contribution < -0.4 is 42.7 Å². The topological polar surface area (TPSA) is 180 Å². The number of carbonyl (C=O) groups excluding carboxylic acids is 4. The van der Waals surface area contributed by atoms with Crippen LogP contribution in [0.15, 0.2) is 121 Å². The molecule has 4 amide bonds. The standard InChI is InChI=1S/C72H84N8O4/c1-17-59(81)77-47-23-21-24-48(78-60(82)18-2)65(47)67-55-31-27-51(73-55)63(41-35-43(69(5,6)7)39-44(36-41)70(8,9)10)53-29-33-57(75-53)68(66-49(79-61(83)19-3)25-22-26-50(66)80-62(84)20-4)58-34-30-54(76-58)64(52-28-32-56(67)74-52)42-37-45(71(11,12)13)40-46(38-42)72(14,15)16/h21-40,73-76H,17-20H2,1-16H3,(H,77,81)(H,78,82)(H,79,83)(H,80,84). The Balaban J connectivity index is 1.54. The number of H-pyrrole nitrogens is 4. The van der Waals surface area contributed by atoms with Crippen LogP contribution in [0.4, 0.5) is 22.7 Å². The molecular weight excluding hydrogens is 1040 g/mol. The first-order valence-electron chi connectivity index (χ1n) is 29.7. The van der Waals surface area contributed by atoms with Crippen LogP contribution in [0, 0.1) is 0 Å². The minimum atomic E-state index is -0.217. The van der Waals surface area contributed by atoms with Crippen LogP contribution in [-0.4, -0.2) is 43.6 Å². The number of hydrogen-bond donors (Lipinski definition) is 8. The van der Waals surface area contributed by atoms with E-state index in [0.29, 0.717) is 33.9 Å². The lowest BCUT2D eigenvalue weighted by Gasteiger charge is -2.26. The second-order valence-electron chi connectivity index (χ2n) is 26.3. The van der Waals surface area contributed by atoms with Crippen molar-refractivity contribution < 1.29 is 19.2 Å². The molecule has 1 aliphatic rings. The highest BCUT2D eigenvalue weighted by atomic mass is 16.2. The lowest BCUT2D eigenvalue weighted by Crippen LogP contribution is -2.22. The Hall–Kier alpha value is -8.64. The van der Waals surface area contributed by atoms with Crippen molar-refractivity contribution in [3.63, 3.8) is 0 Å². The molecule has 8 bridgehead atoms. The summed E-state index contributed by atoms with van der Waals surface area (Å²) >= 11 is 0. The SMILES string of the molecule is CCC(=O)Nc1cccc(NC(=O)CC)c1C1=c2ccc([nH]2)=C(c2cc(C(C)(C)C)cc(C(C)(C)C)c2)c2ccc([nH]2)C(c2c(NC(=O)CC)cccc2NC(=O)CC)=c2ccc([nH]2)=C(c2cc(C(C)(C)C)cc(C(C)(C)C)c2)c2ccc1[nH]2. The van der Waals surface area contributed by atoms with Crippen molar-refractivity contribution >= 4 is 68.7 Å². The van der Waals surface area contributed by atoms with E-state index in [4.69, 9.17) is 0 Å². The molecule has 12 heteroatoms. The Morgan fingerprint density at radius 1 is 0.321 bits per heavy atom. The molecule has 436 valence electrons. The van der Waals surface area contributed by atoms with Crippen molar-refractivity contribution in [2.75, 3.05) is 21.3 Å². The van der Waals surface area contributed by atoms with E-state index in [0.717, 1.165) is 77.6 Å². The lowest BCUT2D eigenvalue weighted by molar-refractivity contribution is -0.116. The molecule has 84 heavy (non-hydrogen) atoms. The zero-order chi connectivity index (χ0) is 60.8. The van der Waals surface area contributed by atoms with Crippen molar-refractivity contribution in [3.8, 4) is 0 Å². The van der Waals surface area contributed by atoms with Crippen molar-refractivity contribution in [3.05, 3.63) is 210 Å². The predicted octanol–water partition coefficient (Wildman–Crippen LogP) is 12.9. The highest BCUT2D eigenvalue weighted by Crippen LogP contribution is 2.40.